The van der Waals surface area contributed by atoms with Gasteiger partial charge in [-0.15, -0.1) is 0 Å². The maximum atomic E-state index is 11.4. The Hall–Kier alpha value is -0.130. The van der Waals surface area contributed by atoms with Crippen molar-refractivity contribution < 1.29 is 43.2 Å². The molecule has 0 saturated carbocycles. The molecule has 14 heteroatoms. The molecule has 5 nitrogen and oxygen atoms in total. The number of sulfonamides is 2. The van der Waals surface area contributed by atoms with Crippen molar-refractivity contribution in [1.29, 1.82) is 0 Å². The molecule has 0 aromatic carbocycles. The fraction of sp³-hybridized carbons (Fsp3) is 1.00. The van der Waals surface area contributed by atoms with Crippen LogP contribution in [-0.4, -0.2) is 52.5 Å². The van der Waals surface area contributed by atoms with Gasteiger partial charge in [-0.1, -0.05) is 72.6 Å². The highest BCUT2D eigenvalue weighted by Crippen LogP contribution is 2.61. The number of nitrogens with zero attached hydrogens (tertiary/aromatic N) is 1. The Morgan fingerprint density at radius 2 is 0.778 bits per heavy atom. The Morgan fingerprint density at radius 3 is 1.08 bits per heavy atom. The van der Waals surface area contributed by atoms with Gasteiger partial charge in [0, 0.05) is 7.26 Å². The molecule has 0 saturated heterocycles. The first-order chi connectivity index (χ1) is 16.4. The molecule has 0 aliphatic rings. The Balaban J connectivity index is 0. The highest BCUT2D eigenvalue weighted by molar-refractivity contribution is 8.13. The van der Waals surface area contributed by atoms with Crippen LogP contribution in [-0.2, 0) is 20.0 Å². The van der Waals surface area contributed by atoms with Gasteiger partial charge in [0.1, 0.15) is 0 Å². The van der Waals surface area contributed by atoms with Gasteiger partial charge in [0.25, 0.3) is 0 Å². The summed E-state index contributed by atoms with van der Waals surface area (Å²) in [6, 6.07) is 0. The highest BCUT2D eigenvalue weighted by Gasteiger charge is 2.47. The molecule has 0 bridgehead atoms. The summed E-state index contributed by atoms with van der Waals surface area (Å²) in [5, 5.41) is 0. The lowest BCUT2D eigenvalue weighted by Gasteiger charge is -2.28. The van der Waals surface area contributed by atoms with Gasteiger partial charge in [-0.25, -0.2) is 16.8 Å². The van der Waals surface area contributed by atoms with Crippen molar-refractivity contribution in [2.24, 2.45) is 0 Å². The third-order valence-corrected chi connectivity index (χ3v) is 13.5. The van der Waals surface area contributed by atoms with Crippen molar-refractivity contribution in [2.75, 3.05) is 24.6 Å². The van der Waals surface area contributed by atoms with Gasteiger partial charge < -0.3 is 4.13 Å². The summed E-state index contributed by atoms with van der Waals surface area (Å²) in [5.41, 5.74) is -12.4. The Labute approximate surface area is 215 Å². The predicted octanol–water partition coefficient (Wildman–Crippen LogP) is 8.82. The van der Waals surface area contributed by atoms with Gasteiger partial charge in [-0.3, -0.25) is 0 Å². The maximum Gasteiger partial charge on any atom is 0.480 e. The van der Waals surface area contributed by atoms with E-state index in [-0.39, 0.29) is 0 Å². The number of rotatable bonds is 18. The minimum Gasteiger partial charge on any atom is -0.421 e. The second-order valence-corrected chi connectivity index (χ2v) is 16.9. The molecule has 220 valence electrons. The fourth-order valence-corrected chi connectivity index (χ4v) is 10.5. The van der Waals surface area contributed by atoms with E-state index < -0.39 is 38.3 Å². The van der Waals surface area contributed by atoms with E-state index in [0.29, 0.717) is 0 Å². The second kappa shape index (κ2) is 18.2. The molecule has 0 radical (unpaired) electrons. The van der Waals surface area contributed by atoms with Gasteiger partial charge in [-0.05, 0) is 32.1 Å². The van der Waals surface area contributed by atoms with Crippen molar-refractivity contribution in [3.8, 4) is 0 Å². The summed E-state index contributed by atoms with van der Waals surface area (Å²) in [4.78, 5) is 0. The molecule has 0 aromatic rings. The van der Waals surface area contributed by atoms with Crippen LogP contribution in [0.4, 0.5) is 26.3 Å². The topological polar surface area (TPSA) is 82.4 Å². The first-order valence-electron chi connectivity index (χ1n) is 12.7. The van der Waals surface area contributed by atoms with Crippen LogP contribution in [0.5, 0.6) is 0 Å². The Morgan fingerprint density at radius 1 is 0.500 bits per heavy atom. The lowest BCUT2D eigenvalue weighted by atomic mass is 10.1. The van der Waals surface area contributed by atoms with E-state index in [0.717, 1.165) is 4.13 Å². The third kappa shape index (κ3) is 16.0. The quantitative estimate of drug-likeness (QED) is 0.0901. The lowest BCUT2D eigenvalue weighted by molar-refractivity contribution is -0.0444. The smallest absolute Gasteiger partial charge is 0.421 e. The maximum absolute atomic E-state index is 11.4. The summed E-state index contributed by atoms with van der Waals surface area (Å²) >= 11 is 0. The second-order valence-electron chi connectivity index (χ2n) is 8.98. The Kier molecular flexibility index (Phi) is 19.2. The predicted molar refractivity (Wildman–Crippen MR) is 138 cm³/mol. The normalized spacial score (nSPS) is 13.4. The largest absolute Gasteiger partial charge is 0.480 e. The van der Waals surface area contributed by atoms with Crippen LogP contribution >= 0.6 is 7.26 Å². The van der Waals surface area contributed by atoms with E-state index >= 15 is 0 Å². The molecule has 36 heavy (non-hydrogen) atoms. The van der Waals surface area contributed by atoms with E-state index in [1.807, 2.05) is 0 Å². The summed E-state index contributed by atoms with van der Waals surface area (Å²) < 4.78 is 109. The van der Waals surface area contributed by atoms with Crippen molar-refractivity contribution in [3.63, 3.8) is 0 Å². The first kappa shape index (κ1) is 38.0. The van der Waals surface area contributed by atoms with Crippen molar-refractivity contribution in [3.05, 3.63) is 4.13 Å². The van der Waals surface area contributed by atoms with Gasteiger partial charge in [0.05, 0.1) is 24.6 Å². The summed E-state index contributed by atoms with van der Waals surface area (Å²) in [6.45, 7) is 9.44. The summed E-state index contributed by atoms with van der Waals surface area (Å²) in [5.74, 6) is 0. The minimum absolute atomic E-state index is 0.601. The van der Waals surface area contributed by atoms with E-state index in [1.165, 1.54) is 77.0 Å². The molecule has 0 aromatic heterocycles. The zero-order valence-corrected chi connectivity index (χ0v) is 24.5. The average Bonchev–Trinajstić information content (AvgIpc) is 2.75. The summed E-state index contributed by atoms with van der Waals surface area (Å²) in [6.07, 6.45) is 24.0. The number of hydrogen-bond donors (Lipinski definition) is 0. The molecular formula is C22H44F6NO4PS2. The number of alkyl halides is 6. The van der Waals surface area contributed by atoms with E-state index in [9.17, 15) is 43.2 Å². The fourth-order valence-electron chi connectivity index (χ4n) is 3.59. The molecule has 0 atom stereocenters. The standard InChI is InChI=1S/C20H44P.C2F6NO4S2/c1-5-9-13-14-15-16-20-21(17-10-6-2,18-11-7-3)19-12-8-4;3-1(4,5)14(10,11)9-15(12,13)2(6,7)8/h5-20H2,1-4H3;/q+1;-1. The van der Waals surface area contributed by atoms with Gasteiger partial charge in [-0.2, -0.15) is 26.3 Å². The molecule has 0 heterocycles. The minimum atomic E-state index is -6.72. The molecule has 0 aliphatic heterocycles. The Bertz CT molecular complexity index is 709. The van der Waals surface area contributed by atoms with Crippen LogP contribution in [0.15, 0.2) is 0 Å². The van der Waals surface area contributed by atoms with Crippen LogP contribution in [0, 0.1) is 0 Å². The van der Waals surface area contributed by atoms with Crippen LogP contribution in [0.1, 0.15) is 105 Å². The van der Waals surface area contributed by atoms with Gasteiger partial charge in [0.15, 0.2) is 20.0 Å². The van der Waals surface area contributed by atoms with Crippen LogP contribution in [0.2, 0.25) is 0 Å². The van der Waals surface area contributed by atoms with Gasteiger partial charge in [0.2, 0.25) is 0 Å². The van der Waals surface area contributed by atoms with Crippen LogP contribution in [0.3, 0.4) is 0 Å². The van der Waals surface area contributed by atoms with Crippen LogP contribution < -0.4 is 0 Å². The highest BCUT2D eigenvalue weighted by atomic mass is 32.3. The average molecular weight is 596 g/mol. The molecule has 0 N–H and O–H groups in total. The molecule has 0 rings (SSSR count). The van der Waals surface area contributed by atoms with Gasteiger partial charge >= 0.3 is 11.0 Å². The van der Waals surface area contributed by atoms with E-state index in [2.05, 4.69) is 27.7 Å². The van der Waals surface area contributed by atoms with Crippen molar-refractivity contribution in [2.45, 2.75) is 116 Å². The molecule has 0 unspecified atom stereocenters. The van der Waals surface area contributed by atoms with Crippen LogP contribution in [0.25, 0.3) is 4.13 Å². The molecule has 0 spiro atoms. The first-order valence-corrected chi connectivity index (χ1v) is 18.1. The van der Waals surface area contributed by atoms with Crippen molar-refractivity contribution >= 4 is 27.3 Å². The zero-order chi connectivity index (χ0) is 28.5. The molecule has 0 fully saturated rings. The monoisotopic (exact) mass is 595 g/mol. The molecular weight excluding hydrogens is 551 g/mol. The van der Waals surface area contributed by atoms with Crippen molar-refractivity contribution in [1.82, 2.24) is 0 Å². The SMILES string of the molecule is CCCCCCCC[P+](CCCC)(CCCC)CCCC.O=S(=O)([N-]S(=O)(=O)C(F)(F)F)C(F)(F)F. The van der Waals surface area contributed by atoms with E-state index in [1.54, 1.807) is 24.6 Å². The third-order valence-electron chi connectivity index (χ3n) is 5.73. The number of hydrogen-bond acceptors (Lipinski definition) is 4. The molecule has 0 aliphatic carbocycles. The number of unbranched alkanes of at least 4 members (excludes halogenated alkanes) is 8. The lowest BCUT2D eigenvalue weighted by Crippen LogP contribution is -2.30. The summed E-state index contributed by atoms with van der Waals surface area (Å²) in [7, 11) is -14.0. The molecule has 0 amide bonds. The zero-order valence-electron chi connectivity index (χ0n) is 21.9. The number of halogens is 6. The van der Waals surface area contributed by atoms with E-state index in [4.69, 9.17) is 0 Å².